The summed E-state index contributed by atoms with van der Waals surface area (Å²) >= 11 is 0. The Morgan fingerprint density at radius 1 is 1.37 bits per heavy atom. The van der Waals surface area contributed by atoms with Gasteiger partial charge in [-0.25, -0.2) is 0 Å². The molecule has 0 amide bonds. The first-order chi connectivity index (χ1) is 9.22. The molecule has 108 valence electrons. The van der Waals surface area contributed by atoms with Gasteiger partial charge in [0.15, 0.2) is 6.29 Å². The molecule has 0 aliphatic carbocycles. The van der Waals surface area contributed by atoms with Crippen LogP contribution in [0.2, 0.25) is 0 Å². The summed E-state index contributed by atoms with van der Waals surface area (Å²) in [7, 11) is 0. The lowest BCUT2D eigenvalue weighted by Gasteiger charge is -2.14. The van der Waals surface area contributed by atoms with Gasteiger partial charge in [-0.15, -0.1) is 0 Å². The predicted octanol–water partition coefficient (Wildman–Crippen LogP) is 1.91. The minimum absolute atomic E-state index is 0.254. The summed E-state index contributed by atoms with van der Waals surface area (Å²) in [5, 5.41) is 14.6. The minimum atomic E-state index is -0.465. The van der Waals surface area contributed by atoms with Crippen LogP contribution in [0.25, 0.3) is 0 Å². The number of aliphatic hydroxyl groups excluding tert-OH is 1. The fourth-order valence-corrected chi connectivity index (χ4v) is 2.44. The Morgan fingerprint density at radius 3 is 2.68 bits per heavy atom. The molecule has 19 heavy (non-hydrogen) atoms. The zero-order valence-electron chi connectivity index (χ0n) is 11.8. The summed E-state index contributed by atoms with van der Waals surface area (Å²) in [4.78, 5) is 0. The topological polar surface area (TPSA) is 56.5 Å². The Hall–Kier alpha value is -0.910. The Kier molecular flexibility index (Phi) is 5.36. The molecule has 0 saturated carbocycles. The molecule has 5 heteroatoms. The van der Waals surface area contributed by atoms with E-state index in [-0.39, 0.29) is 6.29 Å². The quantitative estimate of drug-likeness (QED) is 0.820. The molecule has 1 aromatic heterocycles. The molecule has 0 aromatic carbocycles. The molecule has 5 nitrogen and oxygen atoms in total. The molecule has 1 aliphatic heterocycles. The molecule has 2 heterocycles. The Bertz CT molecular complexity index is 371. The van der Waals surface area contributed by atoms with Gasteiger partial charge in [0.25, 0.3) is 0 Å². The van der Waals surface area contributed by atoms with Crippen molar-refractivity contribution in [1.82, 2.24) is 9.78 Å². The molecule has 0 radical (unpaired) electrons. The SMILES string of the molecule is CCC(CC)n1ccc(CC(O)CC2OCCO2)n1. The van der Waals surface area contributed by atoms with Crippen molar-refractivity contribution in [3.63, 3.8) is 0 Å². The summed E-state index contributed by atoms with van der Waals surface area (Å²) in [5.41, 5.74) is 0.928. The van der Waals surface area contributed by atoms with Gasteiger partial charge in [-0.2, -0.15) is 5.10 Å². The summed E-state index contributed by atoms with van der Waals surface area (Å²) in [6, 6.07) is 2.44. The lowest BCUT2D eigenvalue weighted by Crippen LogP contribution is -2.20. The summed E-state index contributed by atoms with van der Waals surface area (Å²) in [6.45, 7) is 5.58. The van der Waals surface area contributed by atoms with E-state index in [0.717, 1.165) is 18.5 Å². The number of hydrogen-bond donors (Lipinski definition) is 1. The maximum Gasteiger partial charge on any atom is 0.160 e. The number of hydrogen-bond acceptors (Lipinski definition) is 4. The van der Waals surface area contributed by atoms with Crippen molar-refractivity contribution in [2.75, 3.05) is 13.2 Å². The van der Waals surface area contributed by atoms with Crippen molar-refractivity contribution >= 4 is 0 Å². The van der Waals surface area contributed by atoms with Gasteiger partial charge in [0.05, 0.1) is 31.1 Å². The van der Waals surface area contributed by atoms with E-state index in [1.54, 1.807) is 0 Å². The number of rotatable bonds is 7. The first-order valence-electron chi connectivity index (χ1n) is 7.18. The van der Waals surface area contributed by atoms with Crippen LogP contribution in [0, 0.1) is 0 Å². The average molecular weight is 268 g/mol. The third-order valence-corrected chi connectivity index (χ3v) is 3.58. The molecule has 1 aromatic rings. The predicted molar refractivity (Wildman–Crippen MR) is 71.9 cm³/mol. The van der Waals surface area contributed by atoms with Gasteiger partial charge < -0.3 is 14.6 Å². The molecule has 1 unspecified atom stereocenters. The van der Waals surface area contributed by atoms with Crippen LogP contribution in [-0.2, 0) is 15.9 Å². The van der Waals surface area contributed by atoms with Crippen LogP contribution in [0.4, 0.5) is 0 Å². The molecule has 0 bridgehead atoms. The lowest BCUT2D eigenvalue weighted by molar-refractivity contribution is -0.0699. The van der Waals surface area contributed by atoms with E-state index in [1.165, 1.54) is 0 Å². The van der Waals surface area contributed by atoms with E-state index in [2.05, 4.69) is 18.9 Å². The Morgan fingerprint density at radius 2 is 2.05 bits per heavy atom. The lowest BCUT2D eigenvalue weighted by atomic mass is 10.1. The summed E-state index contributed by atoms with van der Waals surface area (Å²) in [5.74, 6) is 0. The first kappa shape index (κ1) is 14.5. The molecule has 0 spiro atoms. The van der Waals surface area contributed by atoms with Gasteiger partial charge in [-0.05, 0) is 18.9 Å². The molecule has 2 rings (SSSR count). The third-order valence-electron chi connectivity index (χ3n) is 3.58. The molecule has 1 saturated heterocycles. The molecule has 1 aliphatic rings. The van der Waals surface area contributed by atoms with Gasteiger partial charge in [0.1, 0.15) is 0 Å². The molecular formula is C14H24N2O3. The van der Waals surface area contributed by atoms with E-state index in [0.29, 0.717) is 32.1 Å². The Labute approximate surface area is 114 Å². The highest BCUT2D eigenvalue weighted by Crippen LogP contribution is 2.17. The van der Waals surface area contributed by atoms with Crippen LogP contribution in [-0.4, -0.2) is 40.5 Å². The van der Waals surface area contributed by atoms with Gasteiger partial charge in [-0.3, -0.25) is 4.68 Å². The van der Waals surface area contributed by atoms with E-state index < -0.39 is 6.10 Å². The van der Waals surface area contributed by atoms with Crippen molar-refractivity contribution in [3.05, 3.63) is 18.0 Å². The highest BCUT2D eigenvalue weighted by molar-refractivity contribution is 5.01. The van der Waals surface area contributed by atoms with Crippen LogP contribution in [0.15, 0.2) is 12.3 Å². The molecule has 1 atom stereocenters. The number of aliphatic hydroxyl groups is 1. The normalized spacial score (nSPS) is 18.3. The summed E-state index contributed by atoms with van der Waals surface area (Å²) < 4.78 is 12.7. The van der Waals surface area contributed by atoms with Gasteiger partial charge in [0.2, 0.25) is 0 Å². The van der Waals surface area contributed by atoms with Crippen molar-refractivity contribution in [2.45, 2.75) is 58.0 Å². The number of ether oxygens (including phenoxy) is 2. The smallest absolute Gasteiger partial charge is 0.160 e. The fourth-order valence-electron chi connectivity index (χ4n) is 2.44. The average Bonchev–Trinajstić information content (AvgIpc) is 3.03. The van der Waals surface area contributed by atoms with E-state index in [9.17, 15) is 5.11 Å². The van der Waals surface area contributed by atoms with E-state index in [1.807, 2.05) is 16.9 Å². The monoisotopic (exact) mass is 268 g/mol. The van der Waals surface area contributed by atoms with Crippen molar-refractivity contribution in [1.29, 1.82) is 0 Å². The number of aromatic nitrogens is 2. The zero-order chi connectivity index (χ0) is 13.7. The maximum atomic E-state index is 10.0. The van der Waals surface area contributed by atoms with Crippen molar-refractivity contribution in [3.8, 4) is 0 Å². The number of nitrogens with zero attached hydrogens (tertiary/aromatic N) is 2. The highest BCUT2D eigenvalue weighted by Gasteiger charge is 2.21. The van der Waals surface area contributed by atoms with Crippen LogP contribution in [0.5, 0.6) is 0 Å². The van der Waals surface area contributed by atoms with Crippen molar-refractivity contribution < 1.29 is 14.6 Å². The van der Waals surface area contributed by atoms with Crippen LogP contribution < -0.4 is 0 Å². The zero-order valence-corrected chi connectivity index (χ0v) is 11.8. The molecular weight excluding hydrogens is 244 g/mol. The largest absolute Gasteiger partial charge is 0.393 e. The minimum Gasteiger partial charge on any atom is -0.393 e. The van der Waals surface area contributed by atoms with Gasteiger partial charge >= 0.3 is 0 Å². The second-order valence-electron chi connectivity index (χ2n) is 5.02. The third kappa shape index (κ3) is 4.03. The van der Waals surface area contributed by atoms with Gasteiger partial charge in [-0.1, -0.05) is 13.8 Å². The van der Waals surface area contributed by atoms with E-state index >= 15 is 0 Å². The van der Waals surface area contributed by atoms with Crippen LogP contribution in [0.3, 0.4) is 0 Å². The van der Waals surface area contributed by atoms with E-state index in [4.69, 9.17) is 9.47 Å². The highest BCUT2D eigenvalue weighted by atomic mass is 16.7. The maximum absolute atomic E-state index is 10.0. The molecule has 1 fully saturated rings. The van der Waals surface area contributed by atoms with Crippen LogP contribution >= 0.6 is 0 Å². The fraction of sp³-hybridized carbons (Fsp3) is 0.786. The van der Waals surface area contributed by atoms with Crippen LogP contribution in [0.1, 0.15) is 44.8 Å². The van der Waals surface area contributed by atoms with Crippen molar-refractivity contribution in [2.24, 2.45) is 0 Å². The standard InChI is InChI=1S/C14H24N2O3/c1-3-12(4-2)16-6-5-11(15-16)9-13(17)10-14-18-7-8-19-14/h5-6,12-14,17H,3-4,7-10H2,1-2H3. The Balaban J connectivity index is 1.84. The molecule has 1 N–H and O–H groups in total. The second kappa shape index (κ2) is 7.03. The first-order valence-corrected chi connectivity index (χ1v) is 7.18. The van der Waals surface area contributed by atoms with Gasteiger partial charge in [0, 0.05) is 19.0 Å². The summed E-state index contributed by atoms with van der Waals surface area (Å²) in [6.07, 6.45) is 4.49. The second-order valence-corrected chi connectivity index (χ2v) is 5.02.